The summed E-state index contributed by atoms with van der Waals surface area (Å²) in [5, 5.41) is 6.93. The fourth-order valence-corrected chi connectivity index (χ4v) is 9.91. The van der Waals surface area contributed by atoms with Gasteiger partial charge >= 0.3 is 0 Å². The summed E-state index contributed by atoms with van der Waals surface area (Å²) in [6.45, 7) is 0. The van der Waals surface area contributed by atoms with E-state index < -0.39 is 5.41 Å². The van der Waals surface area contributed by atoms with Crippen LogP contribution in [0, 0.1) is 0 Å². The summed E-state index contributed by atoms with van der Waals surface area (Å²) in [7, 11) is 0. The molecule has 1 heterocycles. The van der Waals surface area contributed by atoms with Crippen LogP contribution in [0.15, 0.2) is 229 Å². The van der Waals surface area contributed by atoms with Crippen LogP contribution in [-0.2, 0) is 5.41 Å². The zero-order chi connectivity index (χ0) is 38.9. The average molecular weight is 752 g/mol. The Morgan fingerprint density at radius 3 is 1.69 bits per heavy atom. The van der Waals surface area contributed by atoms with Gasteiger partial charge in [-0.2, -0.15) is 0 Å². The maximum absolute atomic E-state index is 6.59. The van der Waals surface area contributed by atoms with Gasteiger partial charge in [0.05, 0.1) is 5.41 Å². The summed E-state index contributed by atoms with van der Waals surface area (Å²) in [6, 6.07) is 81.9. The molecule has 11 aromatic rings. The van der Waals surface area contributed by atoms with E-state index in [1.54, 1.807) is 0 Å². The van der Waals surface area contributed by atoms with Gasteiger partial charge < -0.3 is 9.32 Å². The minimum absolute atomic E-state index is 0.506. The second-order valence-electron chi connectivity index (χ2n) is 15.6. The number of furan rings is 1. The maximum atomic E-state index is 6.59. The van der Waals surface area contributed by atoms with Crippen LogP contribution in [0.4, 0.5) is 17.1 Å². The van der Waals surface area contributed by atoms with Crippen molar-refractivity contribution in [1.82, 2.24) is 0 Å². The molecule has 1 aliphatic carbocycles. The molecule has 0 unspecified atom stereocenters. The third-order valence-corrected chi connectivity index (χ3v) is 12.5. The Kier molecular flexibility index (Phi) is 7.48. The smallest absolute Gasteiger partial charge is 0.143 e. The van der Waals surface area contributed by atoms with Crippen molar-refractivity contribution in [2.75, 3.05) is 4.90 Å². The Labute approximate surface area is 342 Å². The van der Waals surface area contributed by atoms with Gasteiger partial charge in [-0.3, -0.25) is 0 Å². The van der Waals surface area contributed by atoms with Gasteiger partial charge in [-0.15, -0.1) is 0 Å². The summed E-state index contributed by atoms with van der Waals surface area (Å²) in [5.41, 5.74) is 14.6. The van der Waals surface area contributed by atoms with Crippen LogP contribution in [0.3, 0.4) is 0 Å². The van der Waals surface area contributed by atoms with E-state index in [9.17, 15) is 0 Å². The highest BCUT2D eigenvalue weighted by Gasteiger charge is 2.46. The number of nitrogens with zero attached hydrogens (tertiary/aromatic N) is 1. The van der Waals surface area contributed by atoms with E-state index in [1.165, 1.54) is 55.3 Å². The molecule has 10 aromatic carbocycles. The lowest BCUT2D eigenvalue weighted by Crippen LogP contribution is -2.28. The molecule has 59 heavy (non-hydrogen) atoms. The van der Waals surface area contributed by atoms with Crippen molar-refractivity contribution in [3.05, 3.63) is 247 Å². The summed E-state index contributed by atoms with van der Waals surface area (Å²) in [5.74, 6) is 0. The highest BCUT2D eigenvalue weighted by molar-refractivity contribution is 6.23. The van der Waals surface area contributed by atoms with Gasteiger partial charge in [0.25, 0.3) is 0 Å². The van der Waals surface area contributed by atoms with E-state index in [4.69, 9.17) is 4.42 Å². The Bertz CT molecular complexity index is 3330. The fraction of sp³-hybridized carbons (Fsp3) is 0.0175. The van der Waals surface area contributed by atoms with Gasteiger partial charge in [-0.05, 0) is 109 Å². The van der Waals surface area contributed by atoms with Crippen LogP contribution in [0.5, 0.6) is 0 Å². The molecule has 1 aliphatic rings. The first kappa shape index (κ1) is 33.5. The zero-order valence-corrected chi connectivity index (χ0v) is 32.2. The molecule has 0 spiro atoms. The topological polar surface area (TPSA) is 16.4 Å². The van der Waals surface area contributed by atoms with E-state index in [0.717, 1.165) is 49.8 Å². The lowest BCUT2D eigenvalue weighted by molar-refractivity contribution is 0.673. The van der Waals surface area contributed by atoms with Gasteiger partial charge in [0.15, 0.2) is 0 Å². The van der Waals surface area contributed by atoms with Gasteiger partial charge in [0.1, 0.15) is 11.2 Å². The van der Waals surface area contributed by atoms with E-state index in [0.29, 0.717) is 0 Å². The number of hydrogen-bond acceptors (Lipinski definition) is 2. The zero-order valence-electron chi connectivity index (χ0n) is 32.2. The monoisotopic (exact) mass is 751 g/mol. The van der Waals surface area contributed by atoms with Crippen LogP contribution in [-0.4, -0.2) is 0 Å². The molecular weight excluding hydrogens is 715 g/mol. The van der Waals surface area contributed by atoms with Gasteiger partial charge in [0, 0.05) is 33.2 Å². The normalized spacial score (nSPS) is 12.9. The van der Waals surface area contributed by atoms with Crippen LogP contribution in [0.2, 0.25) is 0 Å². The van der Waals surface area contributed by atoms with Crippen LogP contribution < -0.4 is 4.90 Å². The minimum Gasteiger partial charge on any atom is -0.455 e. The van der Waals surface area contributed by atoms with Gasteiger partial charge in [-0.1, -0.05) is 176 Å². The first-order valence-corrected chi connectivity index (χ1v) is 20.3. The Morgan fingerprint density at radius 2 is 0.915 bits per heavy atom. The van der Waals surface area contributed by atoms with Crippen molar-refractivity contribution in [2.45, 2.75) is 5.41 Å². The standard InChI is InChI=1S/C57H37NO/c1-4-14-38(15-5-1)39-26-29-44(30-27-39)58(45-31-34-47-41(36-45)25-24-40-28-33-51-50-21-11-13-23-54(50)59-56(51)55(40)47)46-32-35-49-48-20-10-12-22-52(48)57(53(49)37-46,42-16-6-2-7-17-42)43-18-8-3-9-19-43/h1-37H. The molecule has 0 saturated heterocycles. The maximum Gasteiger partial charge on any atom is 0.143 e. The molecule has 2 heteroatoms. The van der Waals surface area contributed by atoms with Crippen molar-refractivity contribution in [1.29, 1.82) is 0 Å². The van der Waals surface area contributed by atoms with Crippen molar-refractivity contribution < 1.29 is 4.42 Å². The Hall–Kier alpha value is -7.68. The van der Waals surface area contributed by atoms with E-state index in [2.05, 4.69) is 223 Å². The molecule has 0 N–H and O–H groups in total. The van der Waals surface area contributed by atoms with E-state index >= 15 is 0 Å². The number of benzene rings is 10. The molecule has 2 nitrogen and oxygen atoms in total. The molecule has 0 amide bonds. The van der Waals surface area contributed by atoms with Crippen LogP contribution >= 0.6 is 0 Å². The lowest BCUT2D eigenvalue weighted by Gasteiger charge is -2.35. The van der Waals surface area contributed by atoms with E-state index in [1.807, 2.05) is 6.07 Å². The molecular formula is C57H37NO. The van der Waals surface area contributed by atoms with Crippen molar-refractivity contribution in [2.24, 2.45) is 0 Å². The van der Waals surface area contributed by atoms with Crippen molar-refractivity contribution in [3.8, 4) is 22.3 Å². The van der Waals surface area contributed by atoms with Crippen LogP contribution in [0.1, 0.15) is 22.3 Å². The second kappa shape index (κ2) is 13.2. The lowest BCUT2D eigenvalue weighted by atomic mass is 9.67. The molecule has 0 aliphatic heterocycles. The minimum atomic E-state index is -0.506. The van der Waals surface area contributed by atoms with Crippen molar-refractivity contribution >= 4 is 60.5 Å². The number of hydrogen-bond donors (Lipinski definition) is 0. The largest absolute Gasteiger partial charge is 0.455 e. The molecule has 0 radical (unpaired) electrons. The summed E-state index contributed by atoms with van der Waals surface area (Å²) >= 11 is 0. The Balaban J connectivity index is 1.10. The summed E-state index contributed by atoms with van der Waals surface area (Å²) in [4.78, 5) is 2.42. The average Bonchev–Trinajstić information content (AvgIpc) is 3.84. The molecule has 1 aromatic heterocycles. The van der Waals surface area contributed by atoms with E-state index in [-0.39, 0.29) is 0 Å². The molecule has 276 valence electrons. The molecule has 0 atom stereocenters. The van der Waals surface area contributed by atoms with Gasteiger partial charge in [0.2, 0.25) is 0 Å². The first-order valence-electron chi connectivity index (χ1n) is 20.3. The SMILES string of the molecule is c1ccc(-c2ccc(N(c3ccc4c(c3)C(c3ccccc3)(c3ccccc3)c3ccccc3-4)c3ccc4c(ccc5ccc6c7ccccc7oc6c54)c3)cc2)cc1. The Morgan fingerprint density at radius 1 is 0.356 bits per heavy atom. The molecule has 0 bridgehead atoms. The predicted octanol–water partition coefficient (Wildman–Crippen LogP) is 15.4. The quantitative estimate of drug-likeness (QED) is 0.157. The first-order chi connectivity index (χ1) is 29.3. The van der Waals surface area contributed by atoms with Gasteiger partial charge in [-0.25, -0.2) is 0 Å². The highest BCUT2D eigenvalue weighted by atomic mass is 16.3. The molecule has 0 fully saturated rings. The summed E-state index contributed by atoms with van der Waals surface area (Å²) < 4.78 is 6.59. The number of rotatable bonds is 6. The fourth-order valence-electron chi connectivity index (χ4n) is 9.91. The third kappa shape index (κ3) is 5.06. The second-order valence-corrected chi connectivity index (χ2v) is 15.6. The molecule has 12 rings (SSSR count). The number of anilines is 3. The van der Waals surface area contributed by atoms with Crippen LogP contribution in [0.25, 0.3) is 65.7 Å². The van der Waals surface area contributed by atoms with Crippen molar-refractivity contribution in [3.63, 3.8) is 0 Å². The number of para-hydroxylation sites is 1. The molecule has 0 saturated carbocycles. The highest BCUT2D eigenvalue weighted by Crippen LogP contribution is 2.57. The predicted molar refractivity (Wildman–Crippen MR) is 246 cm³/mol. The third-order valence-electron chi connectivity index (χ3n) is 12.5. The number of fused-ring (bicyclic) bond motifs is 10. The summed E-state index contributed by atoms with van der Waals surface area (Å²) in [6.07, 6.45) is 0.